The Kier molecular flexibility index (Phi) is 2.07. The van der Waals surface area contributed by atoms with E-state index in [0.29, 0.717) is 0 Å². The highest BCUT2D eigenvalue weighted by atomic mass is 19.1. The number of phenolic OH excluding ortho intramolecular Hbond substituents is 1. The van der Waals surface area contributed by atoms with Crippen molar-refractivity contribution in [3.63, 3.8) is 0 Å². The van der Waals surface area contributed by atoms with Crippen LogP contribution in [0.2, 0.25) is 0 Å². The summed E-state index contributed by atoms with van der Waals surface area (Å²) in [5.41, 5.74) is 0.0648. The molecule has 0 atom stereocenters. The van der Waals surface area contributed by atoms with E-state index in [4.69, 9.17) is 10.4 Å². The highest BCUT2D eigenvalue weighted by molar-refractivity contribution is 5.34. The minimum atomic E-state index is -0.536. The number of phenols is 1. The summed E-state index contributed by atoms with van der Waals surface area (Å²) >= 11 is 0. The molecule has 1 aromatic rings. The summed E-state index contributed by atoms with van der Waals surface area (Å²) in [7, 11) is 0. The van der Waals surface area contributed by atoms with Gasteiger partial charge in [-0.05, 0) is 12.1 Å². The highest BCUT2D eigenvalue weighted by Crippen LogP contribution is 2.19. The van der Waals surface area contributed by atoms with Gasteiger partial charge < -0.3 is 5.11 Å². The predicted molar refractivity (Wildman–Crippen MR) is 37.4 cm³/mol. The summed E-state index contributed by atoms with van der Waals surface area (Å²) in [6.07, 6.45) is -0.0987. The van der Waals surface area contributed by atoms with Crippen LogP contribution in [0.3, 0.4) is 0 Å². The summed E-state index contributed by atoms with van der Waals surface area (Å²) < 4.78 is 12.7. The fourth-order valence-electron chi connectivity index (χ4n) is 0.801. The highest BCUT2D eigenvalue weighted by Gasteiger charge is 2.05. The molecule has 0 aromatic heterocycles. The van der Waals surface area contributed by atoms with E-state index in [1.807, 2.05) is 0 Å². The zero-order valence-electron chi connectivity index (χ0n) is 5.71. The van der Waals surface area contributed by atoms with Gasteiger partial charge in [0.15, 0.2) is 0 Å². The number of halogens is 1. The molecule has 56 valence electrons. The van der Waals surface area contributed by atoms with Crippen LogP contribution in [-0.4, -0.2) is 5.11 Å². The van der Waals surface area contributed by atoms with Gasteiger partial charge in [0.05, 0.1) is 12.5 Å². The van der Waals surface area contributed by atoms with Gasteiger partial charge in [-0.2, -0.15) is 5.26 Å². The molecule has 1 rings (SSSR count). The summed E-state index contributed by atoms with van der Waals surface area (Å²) in [4.78, 5) is 0. The molecule has 0 radical (unpaired) electrons. The molecule has 2 nitrogen and oxygen atoms in total. The third kappa shape index (κ3) is 1.47. The molecule has 0 spiro atoms. The van der Waals surface area contributed by atoms with Crippen molar-refractivity contribution in [3.05, 3.63) is 29.6 Å². The quantitative estimate of drug-likeness (QED) is 0.662. The van der Waals surface area contributed by atoms with Crippen molar-refractivity contribution in [2.24, 2.45) is 0 Å². The minimum absolute atomic E-state index is 0.0648. The zero-order chi connectivity index (χ0) is 8.27. The number of benzene rings is 1. The smallest absolute Gasteiger partial charge is 0.131 e. The van der Waals surface area contributed by atoms with Gasteiger partial charge in [0.1, 0.15) is 11.6 Å². The van der Waals surface area contributed by atoms with E-state index in [2.05, 4.69) is 0 Å². The molecule has 0 fully saturated rings. The van der Waals surface area contributed by atoms with Gasteiger partial charge in [-0.15, -0.1) is 0 Å². The second-order valence-electron chi connectivity index (χ2n) is 2.07. The van der Waals surface area contributed by atoms with E-state index in [-0.39, 0.29) is 17.7 Å². The molecular formula is C8H6FNO. The average molecular weight is 151 g/mol. The third-order valence-electron chi connectivity index (χ3n) is 1.35. The van der Waals surface area contributed by atoms with E-state index in [1.54, 1.807) is 6.07 Å². The number of aromatic hydroxyl groups is 1. The van der Waals surface area contributed by atoms with Gasteiger partial charge >= 0.3 is 0 Å². The van der Waals surface area contributed by atoms with E-state index < -0.39 is 5.82 Å². The molecule has 0 aliphatic carbocycles. The predicted octanol–water partition coefficient (Wildman–Crippen LogP) is 1.60. The molecule has 11 heavy (non-hydrogen) atoms. The van der Waals surface area contributed by atoms with E-state index in [9.17, 15) is 4.39 Å². The second kappa shape index (κ2) is 3.02. The van der Waals surface area contributed by atoms with Crippen LogP contribution < -0.4 is 0 Å². The minimum Gasteiger partial charge on any atom is -0.508 e. The van der Waals surface area contributed by atoms with Crippen LogP contribution in [-0.2, 0) is 6.42 Å². The van der Waals surface area contributed by atoms with Gasteiger partial charge in [-0.25, -0.2) is 4.39 Å². The van der Waals surface area contributed by atoms with Crippen molar-refractivity contribution in [3.8, 4) is 11.8 Å². The van der Waals surface area contributed by atoms with Crippen molar-refractivity contribution in [1.29, 1.82) is 5.26 Å². The number of hydrogen-bond acceptors (Lipinski definition) is 2. The van der Waals surface area contributed by atoms with Crippen LogP contribution in [0, 0.1) is 17.1 Å². The molecule has 0 unspecified atom stereocenters. The lowest BCUT2D eigenvalue weighted by atomic mass is 10.1. The summed E-state index contributed by atoms with van der Waals surface area (Å²) in [6, 6.07) is 5.73. The van der Waals surface area contributed by atoms with Crippen LogP contribution in [0.4, 0.5) is 4.39 Å². The van der Waals surface area contributed by atoms with Crippen LogP contribution in [0.1, 0.15) is 5.56 Å². The van der Waals surface area contributed by atoms with Crippen LogP contribution >= 0.6 is 0 Å². The maximum absolute atomic E-state index is 12.7. The van der Waals surface area contributed by atoms with Gasteiger partial charge in [-0.1, -0.05) is 6.07 Å². The van der Waals surface area contributed by atoms with Crippen LogP contribution in [0.5, 0.6) is 5.75 Å². The van der Waals surface area contributed by atoms with Crippen LogP contribution in [0.15, 0.2) is 18.2 Å². The first-order valence-corrected chi connectivity index (χ1v) is 3.09. The zero-order valence-corrected chi connectivity index (χ0v) is 5.71. The SMILES string of the molecule is N#CCc1c(O)cccc1F. The average Bonchev–Trinajstić information content (AvgIpc) is 1.97. The molecule has 0 saturated heterocycles. The summed E-state index contributed by atoms with van der Waals surface area (Å²) in [6.45, 7) is 0. The van der Waals surface area contributed by atoms with Crippen molar-refractivity contribution in [1.82, 2.24) is 0 Å². The third-order valence-corrected chi connectivity index (χ3v) is 1.35. The molecule has 1 N–H and O–H groups in total. The molecule has 0 saturated carbocycles. The molecule has 0 heterocycles. The monoisotopic (exact) mass is 151 g/mol. The Bertz CT molecular complexity index is 283. The maximum Gasteiger partial charge on any atom is 0.131 e. The molecule has 3 heteroatoms. The van der Waals surface area contributed by atoms with E-state index in [0.717, 1.165) is 0 Å². The summed E-state index contributed by atoms with van der Waals surface area (Å²) in [5.74, 6) is -0.696. The fourth-order valence-corrected chi connectivity index (χ4v) is 0.801. The molecule has 1 aromatic carbocycles. The largest absolute Gasteiger partial charge is 0.508 e. The Hall–Kier alpha value is -1.56. The molecule has 0 aliphatic heterocycles. The number of hydrogen-bond donors (Lipinski definition) is 1. The van der Waals surface area contributed by atoms with Gasteiger partial charge in [0.25, 0.3) is 0 Å². The van der Waals surface area contributed by atoms with Crippen molar-refractivity contribution in [2.75, 3.05) is 0 Å². The van der Waals surface area contributed by atoms with E-state index >= 15 is 0 Å². The van der Waals surface area contributed by atoms with Gasteiger partial charge in [0, 0.05) is 5.56 Å². The maximum atomic E-state index is 12.7. The van der Waals surface area contributed by atoms with Crippen LogP contribution in [0.25, 0.3) is 0 Å². The Labute approximate surface area is 63.5 Å². The lowest BCUT2D eigenvalue weighted by Gasteiger charge is -1.99. The van der Waals surface area contributed by atoms with Crippen molar-refractivity contribution < 1.29 is 9.50 Å². The Balaban J connectivity index is 3.12. The van der Waals surface area contributed by atoms with E-state index in [1.165, 1.54) is 18.2 Å². The fraction of sp³-hybridized carbons (Fsp3) is 0.125. The molecule has 0 bridgehead atoms. The first-order valence-electron chi connectivity index (χ1n) is 3.09. The second-order valence-corrected chi connectivity index (χ2v) is 2.07. The Morgan fingerprint density at radius 3 is 2.82 bits per heavy atom. The first kappa shape index (κ1) is 7.55. The lowest BCUT2D eigenvalue weighted by Crippen LogP contribution is -1.87. The molecule has 0 aliphatic rings. The topological polar surface area (TPSA) is 44.0 Å². The molecular weight excluding hydrogens is 145 g/mol. The number of nitriles is 1. The summed E-state index contributed by atoms with van der Waals surface area (Å²) in [5, 5.41) is 17.3. The first-order chi connectivity index (χ1) is 5.25. The van der Waals surface area contributed by atoms with Gasteiger partial charge in [-0.3, -0.25) is 0 Å². The van der Waals surface area contributed by atoms with Gasteiger partial charge in [0.2, 0.25) is 0 Å². The Morgan fingerprint density at radius 2 is 2.27 bits per heavy atom. The standard InChI is InChI=1S/C8H6FNO/c9-7-2-1-3-8(11)6(7)4-5-10/h1-3,11H,4H2. The molecule has 0 amide bonds. The number of nitrogens with zero attached hydrogens (tertiary/aromatic N) is 1. The lowest BCUT2D eigenvalue weighted by molar-refractivity contribution is 0.461. The Morgan fingerprint density at radius 1 is 1.55 bits per heavy atom. The van der Waals surface area contributed by atoms with Crippen molar-refractivity contribution in [2.45, 2.75) is 6.42 Å². The van der Waals surface area contributed by atoms with Crippen molar-refractivity contribution >= 4 is 0 Å². The normalized spacial score (nSPS) is 9.09. The number of rotatable bonds is 1.